The predicted molar refractivity (Wildman–Crippen MR) is 146 cm³/mol. The van der Waals surface area contributed by atoms with Crippen LogP contribution in [0.5, 0.6) is 0 Å². The monoisotopic (exact) mass is 480 g/mol. The minimum absolute atomic E-state index is 0.781. The Bertz CT molecular complexity index is 784. The first-order valence-corrected chi connectivity index (χ1v) is 13.0. The standard InChI is InChI=1S/C29H44N4O2/c1-26(30-34)18-22-32(24-28-14-8-6-9-15-28)20-12-4-3-5-13-21-33(23-19-27(2)31-35)25-29-16-10-7-11-17-29/h6-11,14-17,34-35H,3-5,12-13,18-25H2,1-2H3. The Hall–Kier alpha value is -2.70. The van der Waals surface area contributed by atoms with Crippen LogP contribution in [-0.4, -0.2) is 57.8 Å². The average Bonchev–Trinajstić information content (AvgIpc) is 2.90. The molecule has 0 amide bonds. The summed E-state index contributed by atoms with van der Waals surface area (Å²) in [6, 6.07) is 21.2. The second-order valence-corrected chi connectivity index (χ2v) is 9.46. The normalized spacial score (nSPS) is 12.6. The van der Waals surface area contributed by atoms with Gasteiger partial charge in [0.25, 0.3) is 0 Å². The fourth-order valence-electron chi connectivity index (χ4n) is 4.16. The zero-order valence-electron chi connectivity index (χ0n) is 21.6. The Morgan fingerprint density at radius 3 is 1.31 bits per heavy atom. The third-order valence-electron chi connectivity index (χ3n) is 6.37. The van der Waals surface area contributed by atoms with Gasteiger partial charge < -0.3 is 10.4 Å². The molecule has 0 spiro atoms. The molecule has 192 valence electrons. The van der Waals surface area contributed by atoms with Crippen LogP contribution in [0.1, 0.15) is 69.9 Å². The minimum Gasteiger partial charge on any atom is -0.411 e. The molecule has 2 N–H and O–H groups in total. The van der Waals surface area contributed by atoms with E-state index in [0.717, 1.165) is 63.5 Å². The molecule has 0 aliphatic heterocycles. The molecule has 2 aromatic rings. The smallest absolute Gasteiger partial charge is 0.0552 e. The van der Waals surface area contributed by atoms with Gasteiger partial charge in [0, 0.05) is 39.0 Å². The van der Waals surface area contributed by atoms with Gasteiger partial charge in [0.2, 0.25) is 0 Å². The number of unbranched alkanes of at least 4 members (excludes halogenated alkanes) is 4. The SMILES string of the molecule is CC(CCN(CCCCCCCN(CCC(C)=NO)Cc1ccccc1)Cc1ccccc1)=NO. The van der Waals surface area contributed by atoms with Gasteiger partial charge in [-0.2, -0.15) is 0 Å². The summed E-state index contributed by atoms with van der Waals surface area (Å²) in [5.74, 6) is 0. The van der Waals surface area contributed by atoms with Crippen LogP contribution in [0.3, 0.4) is 0 Å². The number of hydrogen-bond donors (Lipinski definition) is 2. The summed E-state index contributed by atoms with van der Waals surface area (Å²) in [7, 11) is 0. The average molecular weight is 481 g/mol. The van der Waals surface area contributed by atoms with Crippen LogP contribution in [0.4, 0.5) is 0 Å². The molecule has 6 heteroatoms. The van der Waals surface area contributed by atoms with Crippen molar-refractivity contribution in [2.24, 2.45) is 10.3 Å². The number of hydrogen-bond acceptors (Lipinski definition) is 6. The highest BCUT2D eigenvalue weighted by atomic mass is 16.4. The molecule has 0 radical (unpaired) electrons. The van der Waals surface area contributed by atoms with E-state index in [2.05, 4.69) is 80.8 Å². The van der Waals surface area contributed by atoms with Crippen molar-refractivity contribution in [2.45, 2.75) is 71.9 Å². The zero-order valence-corrected chi connectivity index (χ0v) is 21.6. The Kier molecular flexibility index (Phi) is 14.4. The lowest BCUT2D eigenvalue weighted by Gasteiger charge is -2.23. The maximum Gasteiger partial charge on any atom is 0.0552 e. The highest BCUT2D eigenvalue weighted by molar-refractivity contribution is 5.81. The molecular formula is C29H44N4O2. The highest BCUT2D eigenvalue weighted by Crippen LogP contribution is 2.12. The second-order valence-electron chi connectivity index (χ2n) is 9.46. The van der Waals surface area contributed by atoms with Crippen molar-refractivity contribution in [2.75, 3.05) is 26.2 Å². The maximum absolute atomic E-state index is 8.98. The van der Waals surface area contributed by atoms with Gasteiger partial charge in [-0.3, -0.25) is 9.80 Å². The molecule has 0 saturated carbocycles. The molecule has 35 heavy (non-hydrogen) atoms. The van der Waals surface area contributed by atoms with E-state index in [1.165, 1.54) is 43.2 Å². The predicted octanol–water partition coefficient (Wildman–Crippen LogP) is 6.42. The summed E-state index contributed by atoms with van der Waals surface area (Å²) in [6.07, 6.45) is 7.65. The van der Waals surface area contributed by atoms with Crippen LogP contribution in [0.2, 0.25) is 0 Å². The van der Waals surface area contributed by atoms with Gasteiger partial charge in [-0.25, -0.2) is 0 Å². The fraction of sp³-hybridized carbons (Fsp3) is 0.517. The van der Waals surface area contributed by atoms with E-state index < -0.39 is 0 Å². The van der Waals surface area contributed by atoms with Crippen LogP contribution in [-0.2, 0) is 13.1 Å². The molecule has 0 aliphatic carbocycles. The third kappa shape index (κ3) is 13.1. The first kappa shape index (κ1) is 28.5. The molecule has 0 bridgehead atoms. The summed E-state index contributed by atoms with van der Waals surface area (Å²) < 4.78 is 0. The van der Waals surface area contributed by atoms with E-state index >= 15 is 0 Å². The van der Waals surface area contributed by atoms with Gasteiger partial charge in [-0.15, -0.1) is 0 Å². The minimum atomic E-state index is 0.781. The highest BCUT2D eigenvalue weighted by Gasteiger charge is 2.09. The first-order chi connectivity index (χ1) is 17.1. The molecule has 0 aromatic heterocycles. The molecule has 0 heterocycles. The lowest BCUT2D eigenvalue weighted by Crippen LogP contribution is -2.27. The summed E-state index contributed by atoms with van der Waals surface area (Å²) in [5.41, 5.74) is 4.21. The van der Waals surface area contributed by atoms with E-state index in [1.807, 2.05) is 13.8 Å². The van der Waals surface area contributed by atoms with Gasteiger partial charge in [0.15, 0.2) is 0 Å². The molecule has 0 unspecified atom stereocenters. The van der Waals surface area contributed by atoms with Crippen LogP contribution >= 0.6 is 0 Å². The topological polar surface area (TPSA) is 71.7 Å². The Balaban J connectivity index is 1.70. The van der Waals surface area contributed by atoms with Gasteiger partial charge in [-0.1, -0.05) is 90.2 Å². The van der Waals surface area contributed by atoms with Crippen molar-refractivity contribution in [1.82, 2.24) is 9.80 Å². The van der Waals surface area contributed by atoms with Crippen molar-refractivity contribution >= 4 is 11.4 Å². The molecular weight excluding hydrogens is 436 g/mol. The number of oxime groups is 2. The van der Waals surface area contributed by atoms with Crippen LogP contribution in [0, 0.1) is 0 Å². The summed E-state index contributed by atoms with van der Waals surface area (Å²) in [5, 5.41) is 24.6. The van der Waals surface area contributed by atoms with E-state index in [0.29, 0.717) is 0 Å². The quantitative estimate of drug-likeness (QED) is 0.112. The maximum atomic E-state index is 8.98. The summed E-state index contributed by atoms with van der Waals surface area (Å²) in [4.78, 5) is 4.94. The van der Waals surface area contributed by atoms with Crippen LogP contribution in [0.25, 0.3) is 0 Å². The summed E-state index contributed by atoms with van der Waals surface area (Å²) in [6.45, 7) is 9.57. The molecule has 2 aromatic carbocycles. The Morgan fingerprint density at radius 1 is 0.571 bits per heavy atom. The Morgan fingerprint density at radius 2 is 0.943 bits per heavy atom. The van der Waals surface area contributed by atoms with Crippen molar-refractivity contribution in [1.29, 1.82) is 0 Å². The van der Waals surface area contributed by atoms with Crippen LogP contribution < -0.4 is 0 Å². The zero-order chi connectivity index (χ0) is 25.1. The number of rotatable bonds is 18. The molecule has 0 atom stereocenters. The van der Waals surface area contributed by atoms with Crippen molar-refractivity contribution in [3.63, 3.8) is 0 Å². The molecule has 0 saturated heterocycles. The molecule has 6 nitrogen and oxygen atoms in total. The number of benzene rings is 2. The van der Waals surface area contributed by atoms with Crippen molar-refractivity contribution in [3.8, 4) is 0 Å². The summed E-state index contributed by atoms with van der Waals surface area (Å²) >= 11 is 0. The molecule has 2 rings (SSSR count). The third-order valence-corrected chi connectivity index (χ3v) is 6.37. The Labute approximate surface area is 211 Å². The van der Waals surface area contributed by atoms with Gasteiger partial charge in [0.1, 0.15) is 0 Å². The van der Waals surface area contributed by atoms with Gasteiger partial charge in [0.05, 0.1) is 11.4 Å². The first-order valence-electron chi connectivity index (χ1n) is 13.0. The molecule has 0 fully saturated rings. The number of nitrogens with zero attached hydrogens (tertiary/aromatic N) is 4. The van der Waals surface area contributed by atoms with Gasteiger partial charge in [-0.05, 0) is 50.9 Å². The fourth-order valence-corrected chi connectivity index (χ4v) is 4.16. The van der Waals surface area contributed by atoms with E-state index in [4.69, 9.17) is 10.4 Å². The lowest BCUT2D eigenvalue weighted by molar-refractivity contribution is 0.256. The lowest BCUT2D eigenvalue weighted by atomic mass is 10.1. The van der Waals surface area contributed by atoms with E-state index in [1.54, 1.807) is 0 Å². The largest absolute Gasteiger partial charge is 0.411 e. The van der Waals surface area contributed by atoms with E-state index in [9.17, 15) is 0 Å². The van der Waals surface area contributed by atoms with E-state index in [-0.39, 0.29) is 0 Å². The van der Waals surface area contributed by atoms with Crippen LogP contribution in [0.15, 0.2) is 71.0 Å². The second kappa shape index (κ2) is 17.7. The van der Waals surface area contributed by atoms with Crippen molar-refractivity contribution < 1.29 is 10.4 Å². The molecule has 0 aliphatic rings. The van der Waals surface area contributed by atoms with Gasteiger partial charge >= 0.3 is 0 Å². The van der Waals surface area contributed by atoms with Crippen molar-refractivity contribution in [3.05, 3.63) is 71.8 Å².